The molecule has 0 radical (unpaired) electrons. The number of hydrogen-bond acceptors (Lipinski definition) is 4. The van der Waals surface area contributed by atoms with Crippen LogP contribution in [0.15, 0.2) is 11.1 Å². The Kier molecular flexibility index (Phi) is 6.04. The van der Waals surface area contributed by atoms with Crippen LogP contribution >= 0.6 is 0 Å². The fourth-order valence-corrected chi connectivity index (χ4v) is 0.964. The van der Waals surface area contributed by atoms with Crippen LogP contribution in [0.5, 0.6) is 0 Å². The lowest BCUT2D eigenvalue weighted by Crippen LogP contribution is -2.06. The highest BCUT2D eigenvalue weighted by Gasteiger charge is 2.13. The average Bonchev–Trinajstić information content (AvgIpc) is 2.23. The first-order chi connectivity index (χ1) is 6.69. The van der Waals surface area contributed by atoms with Crippen molar-refractivity contribution in [3.63, 3.8) is 0 Å². The summed E-state index contributed by atoms with van der Waals surface area (Å²) in [6.45, 7) is 1.89. The van der Waals surface area contributed by atoms with E-state index in [2.05, 4.69) is 4.74 Å². The van der Waals surface area contributed by atoms with Crippen molar-refractivity contribution in [3.8, 4) is 0 Å². The van der Waals surface area contributed by atoms with Gasteiger partial charge in [0.15, 0.2) is 0 Å². The largest absolute Gasteiger partial charge is 0.465 e. The molecule has 76 valence electrons. The van der Waals surface area contributed by atoms with E-state index < -0.39 is 5.97 Å². The topological polar surface area (TPSA) is 60.4 Å². The van der Waals surface area contributed by atoms with Crippen molar-refractivity contribution in [3.05, 3.63) is 11.1 Å². The van der Waals surface area contributed by atoms with Crippen molar-refractivity contribution in [2.45, 2.75) is 26.2 Å². The third-order valence-electron chi connectivity index (χ3n) is 1.64. The van der Waals surface area contributed by atoms with Gasteiger partial charge in [-0.3, -0.25) is 0 Å². The molecule has 0 aromatic heterocycles. The molecular formula is C10H12O4. The molecule has 0 aliphatic rings. The lowest BCUT2D eigenvalue weighted by molar-refractivity contribution is -0.136. The zero-order chi connectivity index (χ0) is 11.0. The Balaban J connectivity index is 4.55. The van der Waals surface area contributed by atoms with Crippen LogP contribution in [0.25, 0.3) is 0 Å². The van der Waals surface area contributed by atoms with Gasteiger partial charge >= 0.3 is 5.97 Å². The van der Waals surface area contributed by atoms with Crippen LogP contribution in [-0.4, -0.2) is 25.0 Å². The summed E-state index contributed by atoms with van der Waals surface area (Å²) in [7, 11) is 1.17. The molecule has 14 heavy (non-hydrogen) atoms. The summed E-state index contributed by atoms with van der Waals surface area (Å²) in [6, 6.07) is 0. The fourth-order valence-electron chi connectivity index (χ4n) is 0.964. The first kappa shape index (κ1) is 12.4. The van der Waals surface area contributed by atoms with Crippen LogP contribution in [0.4, 0.5) is 0 Å². The normalized spacial score (nSPS) is 8.43. The molecule has 0 fully saturated rings. The maximum atomic E-state index is 10.9. The minimum Gasteiger partial charge on any atom is -0.465 e. The zero-order valence-electron chi connectivity index (χ0n) is 8.25. The van der Waals surface area contributed by atoms with Crippen molar-refractivity contribution < 1.29 is 19.1 Å². The van der Waals surface area contributed by atoms with E-state index in [1.54, 1.807) is 5.94 Å². The van der Waals surface area contributed by atoms with Gasteiger partial charge < -0.3 is 4.74 Å². The first-order valence-corrected chi connectivity index (χ1v) is 4.24. The molecule has 0 unspecified atom stereocenters. The smallest absolute Gasteiger partial charge is 0.345 e. The maximum Gasteiger partial charge on any atom is 0.345 e. The highest BCUT2D eigenvalue weighted by molar-refractivity contribution is 5.97. The highest BCUT2D eigenvalue weighted by atomic mass is 16.5. The number of esters is 1. The summed E-state index contributed by atoms with van der Waals surface area (Å²) >= 11 is 0. The summed E-state index contributed by atoms with van der Waals surface area (Å²) in [6.07, 6.45) is 1.26. The number of methoxy groups -OCH3 is 1. The Hall–Kier alpha value is -1.63. The molecule has 0 aromatic rings. The van der Waals surface area contributed by atoms with Crippen molar-refractivity contribution in [1.29, 1.82) is 0 Å². The number of rotatable bonds is 5. The molecule has 0 heterocycles. The SMILES string of the molecule is CCCC(=C=O)CC(=C=O)C(=O)OC. The Morgan fingerprint density at radius 3 is 2.29 bits per heavy atom. The van der Waals surface area contributed by atoms with Crippen LogP contribution in [0.1, 0.15) is 26.2 Å². The fraction of sp³-hybridized carbons (Fsp3) is 0.500. The summed E-state index contributed by atoms with van der Waals surface area (Å²) in [5.74, 6) is 2.43. The van der Waals surface area contributed by atoms with E-state index >= 15 is 0 Å². The molecule has 0 N–H and O–H groups in total. The zero-order valence-corrected chi connectivity index (χ0v) is 8.25. The van der Waals surface area contributed by atoms with Gasteiger partial charge in [-0.15, -0.1) is 0 Å². The molecular weight excluding hydrogens is 184 g/mol. The Bertz CT molecular complexity index is 304. The molecule has 0 spiro atoms. The van der Waals surface area contributed by atoms with Crippen molar-refractivity contribution in [1.82, 2.24) is 0 Å². The summed E-state index contributed by atoms with van der Waals surface area (Å²) < 4.78 is 4.35. The van der Waals surface area contributed by atoms with E-state index in [4.69, 9.17) is 0 Å². The van der Waals surface area contributed by atoms with E-state index in [0.29, 0.717) is 12.0 Å². The number of ether oxygens (including phenoxy) is 1. The molecule has 0 rings (SSSR count). The van der Waals surface area contributed by atoms with Gasteiger partial charge in [-0.05, 0) is 6.42 Å². The summed E-state index contributed by atoms with van der Waals surface area (Å²) in [4.78, 5) is 31.7. The van der Waals surface area contributed by atoms with E-state index in [-0.39, 0.29) is 12.0 Å². The third kappa shape index (κ3) is 3.85. The third-order valence-corrected chi connectivity index (χ3v) is 1.64. The molecule has 0 amide bonds. The van der Waals surface area contributed by atoms with Gasteiger partial charge in [0.05, 0.1) is 7.11 Å². The lowest BCUT2D eigenvalue weighted by atomic mass is 10.0. The standard InChI is InChI=1S/C10H12O4/c1-3-4-8(6-11)5-9(7-12)10(13)14-2/h3-5H2,1-2H3. The second kappa shape index (κ2) is 6.84. The monoisotopic (exact) mass is 196 g/mol. The van der Waals surface area contributed by atoms with Gasteiger partial charge in [0.25, 0.3) is 0 Å². The Morgan fingerprint density at radius 1 is 1.29 bits per heavy atom. The molecule has 0 aliphatic carbocycles. The number of carbonyl (C=O) groups excluding carboxylic acids is 3. The van der Waals surface area contributed by atoms with Crippen molar-refractivity contribution in [2.75, 3.05) is 7.11 Å². The maximum absolute atomic E-state index is 10.9. The van der Waals surface area contributed by atoms with Crippen molar-refractivity contribution >= 4 is 17.9 Å². The van der Waals surface area contributed by atoms with Gasteiger partial charge in [0.2, 0.25) is 0 Å². The predicted molar refractivity (Wildman–Crippen MR) is 50.0 cm³/mol. The molecule has 4 heteroatoms. The first-order valence-electron chi connectivity index (χ1n) is 4.24. The van der Waals surface area contributed by atoms with Crippen LogP contribution in [-0.2, 0) is 19.1 Å². The van der Waals surface area contributed by atoms with Crippen LogP contribution in [0.3, 0.4) is 0 Å². The molecule has 0 saturated carbocycles. The number of carbonyl (C=O) groups is 1. The van der Waals surface area contributed by atoms with Crippen LogP contribution in [0.2, 0.25) is 0 Å². The van der Waals surface area contributed by atoms with Gasteiger partial charge in [-0.25, -0.2) is 14.4 Å². The lowest BCUT2D eigenvalue weighted by Gasteiger charge is -2.01. The minimum atomic E-state index is -0.746. The molecule has 0 aromatic carbocycles. The van der Waals surface area contributed by atoms with Gasteiger partial charge in [-0.1, -0.05) is 13.3 Å². The van der Waals surface area contributed by atoms with E-state index in [1.165, 1.54) is 13.1 Å². The van der Waals surface area contributed by atoms with E-state index in [9.17, 15) is 14.4 Å². The van der Waals surface area contributed by atoms with Crippen LogP contribution in [0, 0.1) is 0 Å². The average molecular weight is 196 g/mol. The number of allylic oxidation sites excluding steroid dienone is 1. The summed E-state index contributed by atoms with van der Waals surface area (Å²) in [5.41, 5.74) is 0.218. The summed E-state index contributed by atoms with van der Waals surface area (Å²) in [5, 5.41) is 0. The predicted octanol–water partition coefficient (Wildman–Crippen LogP) is 0.866. The van der Waals surface area contributed by atoms with Gasteiger partial charge in [-0.2, -0.15) is 0 Å². The molecule has 0 saturated heterocycles. The quantitative estimate of drug-likeness (QED) is 0.372. The van der Waals surface area contributed by atoms with E-state index in [1.807, 2.05) is 6.92 Å². The van der Waals surface area contributed by atoms with E-state index in [0.717, 1.165) is 6.42 Å². The second-order valence-corrected chi connectivity index (χ2v) is 2.70. The highest BCUT2D eigenvalue weighted by Crippen LogP contribution is 2.12. The Labute approximate surface area is 82.2 Å². The van der Waals surface area contributed by atoms with Gasteiger partial charge in [0.1, 0.15) is 17.5 Å². The Morgan fingerprint density at radius 2 is 1.93 bits per heavy atom. The van der Waals surface area contributed by atoms with Crippen molar-refractivity contribution in [2.24, 2.45) is 0 Å². The molecule has 0 atom stereocenters. The molecule has 0 aliphatic heterocycles. The minimum absolute atomic E-state index is 0.0203. The molecule has 0 bridgehead atoms. The van der Waals surface area contributed by atoms with Gasteiger partial charge in [0, 0.05) is 12.0 Å². The van der Waals surface area contributed by atoms with Crippen LogP contribution < -0.4 is 0 Å². The second-order valence-electron chi connectivity index (χ2n) is 2.70. The molecule has 4 nitrogen and oxygen atoms in total. The number of hydrogen-bond donors (Lipinski definition) is 0.